The van der Waals surface area contributed by atoms with E-state index in [0.29, 0.717) is 23.9 Å². The molecule has 1 amide bonds. The van der Waals surface area contributed by atoms with Gasteiger partial charge in [-0.2, -0.15) is 5.10 Å². The van der Waals surface area contributed by atoms with Crippen LogP contribution in [0, 0.1) is 11.2 Å². The highest BCUT2D eigenvalue weighted by Crippen LogP contribution is 2.35. The van der Waals surface area contributed by atoms with Crippen molar-refractivity contribution >= 4 is 40.3 Å². The Balaban J connectivity index is 2.19. The summed E-state index contributed by atoms with van der Waals surface area (Å²) < 4.78 is 14.5. The van der Waals surface area contributed by atoms with Gasteiger partial charge in [0, 0.05) is 48.8 Å². The van der Waals surface area contributed by atoms with E-state index in [4.69, 9.17) is 22.1 Å². The Hall–Kier alpha value is -2.45. The van der Waals surface area contributed by atoms with Gasteiger partial charge in [-0.3, -0.25) is 10.2 Å². The van der Waals surface area contributed by atoms with Crippen molar-refractivity contribution in [3.8, 4) is 0 Å². The predicted molar refractivity (Wildman–Crippen MR) is 93.9 cm³/mol. The maximum atomic E-state index is 14.5. The van der Waals surface area contributed by atoms with Crippen LogP contribution in [-0.4, -0.2) is 53.0 Å². The van der Waals surface area contributed by atoms with Crippen LogP contribution in [0.4, 0.5) is 4.39 Å². The topological polar surface area (TPSA) is 105 Å². The standard InChI is InChI=1S/C16H17ClFN5O2/c1-20-21-5-11(19)8-4-10(17)15(18)16-14(8)9-6-23(13(25)7-24)3-2-12(9)22-16/h4-5,19-20,22,24H,2-3,6-7H2,1H3/b19-11?,21-5-. The first-order valence-electron chi connectivity index (χ1n) is 7.66. The minimum atomic E-state index is -0.590. The molecule has 0 aliphatic carbocycles. The second-order valence-electron chi connectivity index (χ2n) is 5.67. The number of aromatic amines is 1. The number of rotatable bonds is 4. The van der Waals surface area contributed by atoms with E-state index in [9.17, 15) is 9.18 Å². The van der Waals surface area contributed by atoms with Crippen molar-refractivity contribution in [3.05, 3.63) is 33.7 Å². The van der Waals surface area contributed by atoms with Crippen LogP contribution in [0.1, 0.15) is 16.8 Å². The van der Waals surface area contributed by atoms with E-state index in [1.165, 1.54) is 17.2 Å². The summed E-state index contributed by atoms with van der Waals surface area (Å²) in [6, 6.07) is 1.39. The van der Waals surface area contributed by atoms with Gasteiger partial charge in [0.05, 0.1) is 22.5 Å². The third-order valence-electron chi connectivity index (χ3n) is 4.24. The zero-order valence-corrected chi connectivity index (χ0v) is 14.2. The Bertz CT molecular complexity index is 893. The van der Waals surface area contributed by atoms with Gasteiger partial charge < -0.3 is 20.4 Å². The fraction of sp³-hybridized carbons (Fsp3) is 0.312. The molecule has 1 aliphatic rings. The number of hydrogen-bond acceptors (Lipinski definition) is 5. The smallest absolute Gasteiger partial charge is 0.248 e. The summed E-state index contributed by atoms with van der Waals surface area (Å²) in [5.74, 6) is -0.976. The number of aliphatic hydroxyl groups is 1. The third kappa shape index (κ3) is 2.98. The van der Waals surface area contributed by atoms with Crippen LogP contribution in [0.3, 0.4) is 0 Å². The van der Waals surface area contributed by atoms with Gasteiger partial charge in [0.25, 0.3) is 0 Å². The van der Waals surface area contributed by atoms with Crippen molar-refractivity contribution in [2.45, 2.75) is 13.0 Å². The first kappa shape index (κ1) is 17.4. The largest absolute Gasteiger partial charge is 0.387 e. The van der Waals surface area contributed by atoms with Crippen molar-refractivity contribution in [2.24, 2.45) is 5.10 Å². The molecule has 2 heterocycles. The second kappa shape index (κ2) is 6.81. The lowest BCUT2D eigenvalue weighted by atomic mass is 9.98. The molecule has 4 N–H and O–H groups in total. The van der Waals surface area contributed by atoms with Gasteiger partial charge in [-0.05, 0) is 6.07 Å². The number of amides is 1. The summed E-state index contributed by atoms with van der Waals surface area (Å²) >= 11 is 5.99. The van der Waals surface area contributed by atoms with Crippen molar-refractivity contribution in [2.75, 3.05) is 20.2 Å². The summed E-state index contributed by atoms with van der Waals surface area (Å²) in [4.78, 5) is 16.4. The van der Waals surface area contributed by atoms with Crippen LogP contribution in [0.5, 0.6) is 0 Å². The number of nitrogens with one attached hydrogen (secondary N) is 3. The minimum absolute atomic E-state index is 0.0636. The van der Waals surface area contributed by atoms with Gasteiger partial charge in [0.1, 0.15) is 6.61 Å². The molecule has 1 aromatic heterocycles. The van der Waals surface area contributed by atoms with E-state index in [1.807, 2.05) is 0 Å². The fourth-order valence-electron chi connectivity index (χ4n) is 3.06. The van der Waals surface area contributed by atoms with E-state index in [2.05, 4.69) is 15.5 Å². The quantitative estimate of drug-likeness (QED) is 0.486. The lowest BCUT2D eigenvalue weighted by molar-refractivity contribution is -0.135. The lowest BCUT2D eigenvalue weighted by Gasteiger charge is -2.26. The molecule has 0 saturated heterocycles. The van der Waals surface area contributed by atoms with Gasteiger partial charge in [0.2, 0.25) is 5.91 Å². The molecule has 0 spiro atoms. The van der Waals surface area contributed by atoms with Crippen LogP contribution in [0.2, 0.25) is 5.02 Å². The van der Waals surface area contributed by atoms with Gasteiger partial charge in [-0.15, -0.1) is 0 Å². The van der Waals surface area contributed by atoms with Crippen molar-refractivity contribution < 1.29 is 14.3 Å². The van der Waals surface area contributed by atoms with Gasteiger partial charge in [-0.25, -0.2) is 4.39 Å². The van der Waals surface area contributed by atoms with Crippen LogP contribution >= 0.6 is 11.6 Å². The van der Waals surface area contributed by atoms with Crippen LogP contribution in [0.15, 0.2) is 11.2 Å². The number of halogens is 2. The molecule has 132 valence electrons. The lowest BCUT2D eigenvalue weighted by Crippen LogP contribution is -2.37. The SMILES string of the molecule is CN/N=C\C(=N)c1cc(Cl)c(F)c2[nH]c3c(c12)CN(C(=O)CO)CC3. The average molecular weight is 366 g/mol. The fourth-order valence-corrected chi connectivity index (χ4v) is 3.27. The number of nitrogens with zero attached hydrogens (tertiary/aromatic N) is 2. The Labute approximate surface area is 148 Å². The van der Waals surface area contributed by atoms with E-state index in [1.54, 1.807) is 7.05 Å². The molecule has 1 aromatic carbocycles. The molecule has 0 bridgehead atoms. The van der Waals surface area contributed by atoms with Gasteiger partial charge in [0.15, 0.2) is 5.82 Å². The van der Waals surface area contributed by atoms with Crippen LogP contribution in [0.25, 0.3) is 10.9 Å². The first-order chi connectivity index (χ1) is 12.0. The molecule has 9 heteroatoms. The van der Waals surface area contributed by atoms with E-state index >= 15 is 0 Å². The molecule has 7 nitrogen and oxygen atoms in total. The van der Waals surface area contributed by atoms with Gasteiger partial charge >= 0.3 is 0 Å². The number of H-pyrrole nitrogens is 1. The Morgan fingerprint density at radius 1 is 1.64 bits per heavy atom. The van der Waals surface area contributed by atoms with Crippen molar-refractivity contribution in [1.29, 1.82) is 5.41 Å². The minimum Gasteiger partial charge on any atom is -0.387 e. The number of aromatic nitrogens is 1. The molecule has 0 saturated carbocycles. The molecule has 2 aromatic rings. The highest BCUT2D eigenvalue weighted by molar-refractivity contribution is 6.41. The zero-order valence-electron chi connectivity index (χ0n) is 13.5. The highest BCUT2D eigenvalue weighted by Gasteiger charge is 2.27. The summed E-state index contributed by atoms with van der Waals surface area (Å²) in [5, 5.41) is 21.5. The Kier molecular flexibility index (Phi) is 4.73. The van der Waals surface area contributed by atoms with E-state index in [0.717, 1.165) is 11.3 Å². The van der Waals surface area contributed by atoms with Gasteiger partial charge in [-0.1, -0.05) is 11.6 Å². The predicted octanol–water partition coefficient (Wildman–Crippen LogP) is 1.41. The highest BCUT2D eigenvalue weighted by atomic mass is 35.5. The summed E-state index contributed by atoms with van der Waals surface area (Å²) in [7, 11) is 1.60. The summed E-state index contributed by atoms with van der Waals surface area (Å²) in [6.07, 6.45) is 1.81. The van der Waals surface area contributed by atoms with Crippen LogP contribution in [-0.2, 0) is 17.8 Å². The molecular formula is C16H17ClFN5O2. The number of carbonyl (C=O) groups excluding carboxylic acids is 1. The molecular weight excluding hydrogens is 349 g/mol. The number of fused-ring (bicyclic) bond motifs is 3. The molecule has 0 fully saturated rings. The molecule has 0 radical (unpaired) electrons. The normalized spacial score (nSPS) is 14.2. The number of aliphatic hydroxyl groups excluding tert-OH is 1. The van der Waals surface area contributed by atoms with Crippen LogP contribution < -0.4 is 5.43 Å². The number of hydrogen-bond donors (Lipinski definition) is 4. The monoisotopic (exact) mass is 365 g/mol. The molecule has 0 atom stereocenters. The summed E-state index contributed by atoms with van der Waals surface area (Å²) in [5.41, 5.74) is 4.80. The van der Waals surface area contributed by atoms with E-state index < -0.39 is 12.4 Å². The van der Waals surface area contributed by atoms with Crippen molar-refractivity contribution in [3.63, 3.8) is 0 Å². The maximum Gasteiger partial charge on any atom is 0.248 e. The van der Waals surface area contributed by atoms with E-state index in [-0.39, 0.29) is 28.7 Å². The molecule has 3 rings (SSSR count). The Morgan fingerprint density at radius 2 is 2.40 bits per heavy atom. The Morgan fingerprint density at radius 3 is 3.08 bits per heavy atom. The molecule has 1 aliphatic heterocycles. The second-order valence-corrected chi connectivity index (χ2v) is 6.08. The van der Waals surface area contributed by atoms with Crippen molar-refractivity contribution in [1.82, 2.24) is 15.3 Å². The number of carbonyl (C=O) groups is 1. The zero-order chi connectivity index (χ0) is 18.1. The maximum absolute atomic E-state index is 14.5. The average Bonchev–Trinajstić information content (AvgIpc) is 3.00. The number of hydrazone groups is 1. The third-order valence-corrected chi connectivity index (χ3v) is 4.52. The molecule has 0 unspecified atom stereocenters. The summed E-state index contributed by atoms with van der Waals surface area (Å²) in [6.45, 7) is 0.0944. The number of benzene rings is 1. The first-order valence-corrected chi connectivity index (χ1v) is 8.04. The molecule has 25 heavy (non-hydrogen) atoms.